The topological polar surface area (TPSA) is 123 Å². The van der Waals surface area contributed by atoms with Crippen molar-refractivity contribution >= 4 is 29.8 Å². The van der Waals surface area contributed by atoms with E-state index in [1.54, 1.807) is 0 Å². The van der Waals surface area contributed by atoms with Crippen LogP contribution in [0.5, 0.6) is 5.75 Å². The number of ether oxygens (including phenoxy) is 1. The number of hydrogen-bond donors (Lipinski definition) is 1. The Bertz CT molecular complexity index is 984. The van der Waals surface area contributed by atoms with Crippen molar-refractivity contribution in [2.24, 2.45) is 0 Å². The van der Waals surface area contributed by atoms with Gasteiger partial charge in [-0.3, -0.25) is 4.79 Å². The van der Waals surface area contributed by atoms with Crippen LogP contribution in [0.2, 0.25) is 0 Å². The van der Waals surface area contributed by atoms with Crippen LogP contribution < -0.4 is 9.64 Å². The van der Waals surface area contributed by atoms with Crippen LogP contribution in [0.15, 0.2) is 24.3 Å². The Morgan fingerprint density at radius 2 is 1.70 bits per heavy atom. The first-order valence-corrected chi connectivity index (χ1v) is 10.4. The van der Waals surface area contributed by atoms with E-state index >= 15 is 0 Å². The fraction of sp³-hybridized carbons (Fsp3) is 0.429. The number of hydroxylamine groups is 2. The normalized spacial score (nSPS) is 20.5. The second-order valence-electron chi connectivity index (χ2n) is 7.67. The third kappa shape index (κ3) is 4.43. The molecule has 1 unspecified atom stereocenters. The predicted octanol–water partition coefficient (Wildman–Crippen LogP) is 0.499. The lowest BCUT2D eigenvalue weighted by Crippen LogP contribution is -2.54. The van der Waals surface area contributed by atoms with E-state index in [1.165, 1.54) is 9.80 Å². The predicted molar refractivity (Wildman–Crippen MR) is 113 cm³/mol. The van der Waals surface area contributed by atoms with Gasteiger partial charge in [-0.05, 0) is 24.3 Å². The molecule has 1 atom stereocenters. The average molecular weight is 457 g/mol. The lowest BCUT2D eigenvalue weighted by molar-refractivity contribution is -0.152. The van der Waals surface area contributed by atoms with Gasteiger partial charge in [0.15, 0.2) is 0 Å². The molecule has 0 spiro atoms. The monoisotopic (exact) mass is 457 g/mol. The molecule has 0 aliphatic carbocycles. The summed E-state index contributed by atoms with van der Waals surface area (Å²) in [7, 11) is 0. The minimum absolute atomic E-state index is 0.0564. The number of carbonyl (C=O) groups excluding carboxylic acids is 3. The summed E-state index contributed by atoms with van der Waals surface area (Å²) < 4.78 is 5.36. The summed E-state index contributed by atoms with van der Waals surface area (Å²) in [5.41, 5.74) is 0.959. The van der Waals surface area contributed by atoms with E-state index in [9.17, 15) is 19.2 Å². The molecule has 3 fully saturated rings. The molecular weight excluding hydrogens is 434 g/mol. The Labute approximate surface area is 189 Å². The fourth-order valence-corrected chi connectivity index (χ4v) is 3.99. The van der Waals surface area contributed by atoms with E-state index in [1.807, 2.05) is 24.3 Å². The number of terminal acetylenes is 1. The molecular formula is C21H23N5O7. The SMILES string of the molecule is C#CCOc1ccc(N2CCN(C(=O)ON3C(=O)C4CN(C(=O)O)CCN4C3=O)CC2)cc1. The van der Waals surface area contributed by atoms with Gasteiger partial charge < -0.3 is 34.3 Å². The van der Waals surface area contributed by atoms with Crippen molar-refractivity contribution in [2.45, 2.75) is 6.04 Å². The number of hydrogen-bond acceptors (Lipinski definition) is 7. The van der Waals surface area contributed by atoms with Gasteiger partial charge in [0, 0.05) is 45.0 Å². The van der Waals surface area contributed by atoms with E-state index in [0.29, 0.717) is 37.0 Å². The van der Waals surface area contributed by atoms with Gasteiger partial charge in [0.25, 0.3) is 5.91 Å². The Morgan fingerprint density at radius 1 is 1.03 bits per heavy atom. The van der Waals surface area contributed by atoms with Gasteiger partial charge in [0.1, 0.15) is 18.4 Å². The highest BCUT2D eigenvalue weighted by atomic mass is 16.7. The summed E-state index contributed by atoms with van der Waals surface area (Å²) in [5, 5.41) is 9.58. The zero-order valence-corrected chi connectivity index (χ0v) is 17.8. The standard InChI is InChI=1S/C21H23N5O7/c1-2-13-32-16-5-3-15(4-6-16)22-7-9-23(10-8-22)21(31)33-26-18(27)17-14-24(20(29)30)11-12-25(17)19(26)28/h1,3-6,17H,7-14H2,(H,29,30). The largest absolute Gasteiger partial charge is 0.481 e. The summed E-state index contributed by atoms with van der Waals surface area (Å²) in [4.78, 5) is 59.8. The van der Waals surface area contributed by atoms with Gasteiger partial charge in [-0.15, -0.1) is 6.42 Å². The van der Waals surface area contributed by atoms with Gasteiger partial charge >= 0.3 is 18.2 Å². The summed E-state index contributed by atoms with van der Waals surface area (Å²) in [5.74, 6) is 2.33. The molecule has 33 heavy (non-hydrogen) atoms. The number of piperazine rings is 2. The van der Waals surface area contributed by atoms with Gasteiger partial charge in [-0.1, -0.05) is 11.0 Å². The van der Waals surface area contributed by atoms with Crippen LogP contribution in [0.4, 0.5) is 20.1 Å². The zero-order chi connectivity index (χ0) is 23.5. The van der Waals surface area contributed by atoms with Crippen molar-refractivity contribution < 1.29 is 33.9 Å². The Balaban J connectivity index is 1.30. The number of benzene rings is 1. The molecule has 5 amide bonds. The summed E-state index contributed by atoms with van der Waals surface area (Å²) in [6.45, 7) is 1.92. The number of carbonyl (C=O) groups is 4. The van der Waals surface area contributed by atoms with Crippen LogP contribution in [0, 0.1) is 12.3 Å². The molecule has 174 valence electrons. The highest BCUT2D eigenvalue weighted by Crippen LogP contribution is 2.24. The van der Waals surface area contributed by atoms with E-state index in [0.717, 1.165) is 10.6 Å². The average Bonchev–Trinajstić information content (AvgIpc) is 3.07. The number of carboxylic acid groups (broad SMARTS) is 1. The number of fused-ring (bicyclic) bond motifs is 1. The number of urea groups is 1. The Kier molecular flexibility index (Phi) is 6.12. The van der Waals surface area contributed by atoms with Gasteiger partial charge in [-0.25, -0.2) is 14.4 Å². The van der Waals surface area contributed by atoms with Crippen LogP contribution >= 0.6 is 0 Å². The lowest BCUT2D eigenvalue weighted by Gasteiger charge is -2.35. The van der Waals surface area contributed by atoms with Crippen molar-refractivity contribution in [3.05, 3.63) is 24.3 Å². The molecule has 3 saturated heterocycles. The van der Waals surface area contributed by atoms with Crippen LogP contribution in [0.25, 0.3) is 0 Å². The lowest BCUT2D eigenvalue weighted by atomic mass is 10.2. The van der Waals surface area contributed by atoms with Gasteiger partial charge in [-0.2, -0.15) is 0 Å². The van der Waals surface area contributed by atoms with Crippen LogP contribution in [0.1, 0.15) is 0 Å². The summed E-state index contributed by atoms with van der Waals surface area (Å²) >= 11 is 0. The maximum absolute atomic E-state index is 12.6. The minimum atomic E-state index is -1.17. The smallest absolute Gasteiger partial charge is 0.434 e. The highest BCUT2D eigenvalue weighted by Gasteiger charge is 2.51. The number of imide groups is 1. The molecule has 12 heteroatoms. The number of amides is 5. The number of anilines is 1. The quantitative estimate of drug-likeness (QED) is 0.512. The molecule has 0 bridgehead atoms. The first-order chi connectivity index (χ1) is 15.9. The molecule has 1 aromatic carbocycles. The minimum Gasteiger partial charge on any atom is -0.481 e. The molecule has 0 aromatic heterocycles. The van der Waals surface area contributed by atoms with Crippen LogP contribution in [-0.2, 0) is 9.63 Å². The molecule has 0 radical (unpaired) electrons. The Hall–Kier alpha value is -4.14. The second kappa shape index (κ2) is 9.15. The highest BCUT2D eigenvalue weighted by molar-refractivity contribution is 6.04. The van der Waals surface area contributed by atoms with E-state index in [2.05, 4.69) is 10.8 Å². The van der Waals surface area contributed by atoms with E-state index in [4.69, 9.17) is 21.1 Å². The van der Waals surface area contributed by atoms with Crippen LogP contribution in [0.3, 0.4) is 0 Å². The van der Waals surface area contributed by atoms with Crippen molar-refractivity contribution in [3.8, 4) is 18.1 Å². The summed E-state index contributed by atoms with van der Waals surface area (Å²) in [6.07, 6.45) is 3.21. The summed E-state index contributed by atoms with van der Waals surface area (Å²) in [6, 6.07) is 5.69. The van der Waals surface area contributed by atoms with Gasteiger partial charge in [0.2, 0.25) is 0 Å². The molecule has 3 heterocycles. The molecule has 12 nitrogen and oxygen atoms in total. The zero-order valence-electron chi connectivity index (χ0n) is 17.8. The first-order valence-electron chi connectivity index (χ1n) is 10.4. The van der Waals surface area contributed by atoms with Crippen molar-refractivity contribution in [3.63, 3.8) is 0 Å². The third-order valence-electron chi connectivity index (χ3n) is 5.79. The number of nitrogens with zero attached hydrogens (tertiary/aromatic N) is 5. The van der Waals surface area contributed by atoms with Crippen molar-refractivity contribution in [1.29, 1.82) is 0 Å². The maximum Gasteiger partial charge on any atom is 0.434 e. The molecule has 4 rings (SSSR count). The van der Waals surface area contributed by atoms with E-state index in [-0.39, 0.29) is 26.2 Å². The molecule has 1 aromatic rings. The van der Waals surface area contributed by atoms with E-state index < -0.39 is 30.2 Å². The third-order valence-corrected chi connectivity index (χ3v) is 5.79. The molecule has 0 saturated carbocycles. The molecule has 3 aliphatic heterocycles. The Morgan fingerprint density at radius 3 is 2.33 bits per heavy atom. The van der Waals surface area contributed by atoms with Crippen LogP contribution in [-0.4, -0.2) is 107 Å². The fourth-order valence-electron chi connectivity index (χ4n) is 3.99. The van der Waals surface area contributed by atoms with Crippen molar-refractivity contribution in [1.82, 2.24) is 19.8 Å². The first kappa shape index (κ1) is 22.1. The molecule has 3 aliphatic rings. The molecule has 1 N–H and O–H groups in total. The van der Waals surface area contributed by atoms with Gasteiger partial charge in [0.05, 0.1) is 6.54 Å². The second-order valence-corrected chi connectivity index (χ2v) is 7.67. The van der Waals surface area contributed by atoms with Crippen molar-refractivity contribution in [2.75, 3.05) is 57.3 Å². The number of rotatable bonds is 4. The maximum atomic E-state index is 12.6.